The lowest BCUT2D eigenvalue weighted by molar-refractivity contribution is 0.184. The standard InChI is InChI=1S/C20H23NO3S2/c1-20(2,3)14-8-10-15(11-9-14)26(23,24)21-12-18(22)17-13-25-19-7-5-4-6-16(17)19/h4-11,13,18,21-22H,12H2,1-3H3. The molecule has 0 saturated carbocycles. The Labute approximate surface area is 158 Å². The summed E-state index contributed by atoms with van der Waals surface area (Å²) in [6.07, 6.45) is -0.894. The molecule has 1 atom stereocenters. The van der Waals surface area contributed by atoms with E-state index in [-0.39, 0.29) is 16.9 Å². The topological polar surface area (TPSA) is 66.4 Å². The molecule has 4 nitrogen and oxygen atoms in total. The summed E-state index contributed by atoms with van der Waals surface area (Å²) in [6.45, 7) is 6.17. The molecule has 0 fully saturated rings. The zero-order valence-electron chi connectivity index (χ0n) is 15.1. The second-order valence-electron chi connectivity index (χ2n) is 7.33. The van der Waals surface area contributed by atoms with Gasteiger partial charge in [0, 0.05) is 16.8 Å². The van der Waals surface area contributed by atoms with Crippen molar-refractivity contribution < 1.29 is 13.5 Å². The highest BCUT2D eigenvalue weighted by atomic mass is 32.2. The lowest BCUT2D eigenvalue weighted by atomic mass is 9.87. The first kappa shape index (κ1) is 19.0. The molecular weight excluding hydrogens is 366 g/mol. The number of hydrogen-bond donors (Lipinski definition) is 2. The molecule has 138 valence electrons. The Bertz CT molecular complexity index is 999. The molecule has 0 spiro atoms. The van der Waals surface area contributed by atoms with Gasteiger partial charge in [0.05, 0.1) is 11.0 Å². The van der Waals surface area contributed by atoms with Crippen LogP contribution in [0.2, 0.25) is 0 Å². The molecule has 2 N–H and O–H groups in total. The molecule has 0 saturated heterocycles. The van der Waals surface area contributed by atoms with E-state index in [1.165, 1.54) is 11.3 Å². The molecule has 3 aromatic rings. The van der Waals surface area contributed by atoms with Crippen molar-refractivity contribution in [2.24, 2.45) is 0 Å². The van der Waals surface area contributed by atoms with Crippen LogP contribution in [0, 0.1) is 0 Å². The largest absolute Gasteiger partial charge is 0.387 e. The van der Waals surface area contributed by atoms with Crippen LogP contribution in [0.4, 0.5) is 0 Å². The predicted octanol–water partition coefficient (Wildman–Crippen LogP) is 4.21. The Kier molecular flexibility index (Phi) is 5.21. The zero-order chi connectivity index (χ0) is 18.9. The van der Waals surface area contributed by atoms with Crippen LogP contribution in [0.1, 0.15) is 38.0 Å². The molecule has 26 heavy (non-hydrogen) atoms. The average molecular weight is 390 g/mol. The van der Waals surface area contributed by atoms with Crippen molar-refractivity contribution >= 4 is 31.4 Å². The minimum Gasteiger partial charge on any atom is -0.387 e. The number of thiophene rings is 1. The molecule has 0 aliphatic heterocycles. The van der Waals surface area contributed by atoms with Gasteiger partial charge in [-0.05, 0) is 39.9 Å². The number of aliphatic hydroxyl groups is 1. The van der Waals surface area contributed by atoms with E-state index in [0.717, 1.165) is 21.2 Å². The maximum atomic E-state index is 12.5. The van der Waals surface area contributed by atoms with E-state index < -0.39 is 16.1 Å². The summed E-state index contributed by atoms with van der Waals surface area (Å²) in [7, 11) is -3.67. The highest BCUT2D eigenvalue weighted by molar-refractivity contribution is 7.89. The first-order valence-corrected chi connectivity index (χ1v) is 10.8. The number of fused-ring (bicyclic) bond motifs is 1. The van der Waals surface area contributed by atoms with E-state index in [0.29, 0.717) is 0 Å². The normalized spacial score (nSPS) is 13.8. The minimum absolute atomic E-state index is 0.0358. The van der Waals surface area contributed by atoms with E-state index in [4.69, 9.17) is 0 Å². The van der Waals surface area contributed by atoms with E-state index >= 15 is 0 Å². The third-order valence-electron chi connectivity index (χ3n) is 4.37. The van der Waals surface area contributed by atoms with E-state index in [9.17, 15) is 13.5 Å². The Balaban J connectivity index is 1.73. The van der Waals surface area contributed by atoms with Gasteiger partial charge in [-0.2, -0.15) is 0 Å². The Hall–Kier alpha value is -1.73. The molecule has 1 heterocycles. The van der Waals surface area contributed by atoms with E-state index in [2.05, 4.69) is 25.5 Å². The maximum Gasteiger partial charge on any atom is 0.240 e. The van der Waals surface area contributed by atoms with Crippen LogP contribution in [0.3, 0.4) is 0 Å². The molecular formula is C20H23NO3S2. The summed E-state index contributed by atoms with van der Waals surface area (Å²) in [5.41, 5.74) is 1.78. The lowest BCUT2D eigenvalue weighted by Gasteiger charge is -2.19. The van der Waals surface area contributed by atoms with Crippen LogP contribution in [-0.4, -0.2) is 20.1 Å². The van der Waals surface area contributed by atoms with Crippen molar-refractivity contribution in [3.63, 3.8) is 0 Å². The molecule has 3 rings (SSSR count). The van der Waals surface area contributed by atoms with Gasteiger partial charge in [-0.15, -0.1) is 11.3 Å². The summed E-state index contributed by atoms with van der Waals surface area (Å²) in [5, 5.41) is 13.3. The van der Waals surface area contributed by atoms with Crippen molar-refractivity contribution in [3.05, 3.63) is 65.0 Å². The molecule has 0 radical (unpaired) electrons. The Morgan fingerprint density at radius 1 is 1.08 bits per heavy atom. The third-order valence-corrected chi connectivity index (χ3v) is 6.79. The number of rotatable bonds is 5. The smallest absolute Gasteiger partial charge is 0.240 e. The molecule has 0 aliphatic rings. The van der Waals surface area contributed by atoms with E-state index in [1.54, 1.807) is 12.1 Å². The van der Waals surface area contributed by atoms with Gasteiger partial charge in [0.25, 0.3) is 0 Å². The molecule has 0 bridgehead atoms. The van der Waals surface area contributed by atoms with Crippen molar-refractivity contribution in [1.29, 1.82) is 0 Å². The summed E-state index contributed by atoms with van der Waals surface area (Å²) in [5.74, 6) is 0. The first-order valence-electron chi connectivity index (χ1n) is 8.43. The summed E-state index contributed by atoms with van der Waals surface area (Å²) >= 11 is 1.54. The molecule has 6 heteroatoms. The second kappa shape index (κ2) is 7.12. The number of sulfonamides is 1. The van der Waals surface area contributed by atoms with Crippen LogP contribution in [0.15, 0.2) is 58.8 Å². The van der Waals surface area contributed by atoms with Crippen LogP contribution in [0.25, 0.3) is 10.1 Å². The van der Waals surface area contributed by atoms with Crippen molar-refractivity contribution in [1.82, 2.24) is 4.72 Å². The summed E-state index contributed by atoms with van der Waals surface area (Å²) < 4.78 is 28.6. The van der Waals surface area contributed by atoms with Gasteiger partial charge in [0.2, 0.25) is 10.0 Å². The molecule has 0 amide bonds. The van der Waals surface area contributed by atoms with Gasteiger partial charge in [-0.1, -0.05) is 51.1 Å². The molecule has 0 aliphatic carbocycles. The van der Waals surface area contributed by atoms with Crippen molar-refractivity contribution in [3.8, 4) is 0 Å². The third kappa shape index (κ3) is 3.99. The zero-order valence-corrected chi connectivity index (χ0v) is 16.7. The Morgan fingerprint density at radius 2 is 1.73 bits per heavy atom. The van der Waals surface area contributed by atoms with Crippen molar-refractivity contribution in [2.75, 3.05) is 6.54 Å². The van der Waals surface area contributed by atoms with Gasteiger partial charge >= 0.3 is 0 Å². The maximum absolute atomic E-state index is 12.5. The van der Waals surface area contributed by atoms with Crippen LogP contribution in [-0.2, 0) is 15.4 Å². The predicted molar refractivity (Wildman–Crippen MR) is 107 cm³/mol. The minimum atomic E-state index is -3.67. The monoisotopic (exact) mass is 389 g/mol. The molecule has 2 aromatic carbocycles. The van der Waals surface area contributed by atoms with Crippen molar-refractivity contribution in [2.45, 2.75) is 37.2 Å². The lowest BCUT2D eigenvalue weighted by Crippen LogP contribution is -2.28. The average Bonchev–Trinajstić information content (AvgIpc) is 3.03. The number of benzene rings is 2. The van der Waals surface area contributed by atoms with Gasteiger partial charge in [-0.3, -0.25) is 0 Å². The van der Waals surface area contributed by atoms with Crippen LogP contribution in [0.5, 0.6) is 0 Å². The quantitative estimate of drug-likeness (QED) is 0.687. The second-order valence-corrected chi connectivity index (χ2v) is 10.0. The van der Waals surface area contributed by atoms with Crippen LogP contribution < -0.4 is 4.72 Å². The Morgan fingerprint density at radius 3 is 2.38 bits per heavy atom. The number of aliphatic hydroxyl groups excluding tert-OH is 1. The van der Waals surface area contributed by atoms with Gasteiger partial charge in [0.15, 0.2) is 0 Å². The molecule has 1 unspecified atom stereocenters. The highest BCUT2D eigenvalue weighted by Crippen LogP contribution is 2.30. The highest BCUT2D eigenvalue weighted by Gasteiger charge is 2.20. The van der Waals surface area contributed by atoms with E-state index in [1.807, 2.05) is 41.8 Å². The number of hydrogen-bond acceptors (Lipinski definition) is 4. The SMILES string of the molecule is CC(C)(C)c1ccc(S(=O)(=O)NCC(O)c2csc3ccccc23)cc1. The molecule has 1 aromatic heterocycles. The van der Waals surface area contributed by atoms with Crippen LogP contribution >= 0.6 is 11.3 Å². The summed E-state index contributed by atoms with van der Waals surface area (Å²) in [6, 6.07) is 14.6. The fourth-order valence-electron chi connectivity index (χ4n) is 2.77. The van der Waals surface area contributed by atoms with Gasteiger partial charge in [-0.25, -0.2) is 13.1 Å². The number of nitrogens with one attached hydrogen (secondary N) is 1. The summed E-state index contributed by atoms with van der Waals surface area (Å²) in [4.78, 5) is 0.202. The fraction of sp³-hybridized carbons (Fsp3) is 0.300. The van der Waals surface area contributed by atoms with Gasteiger partial charge in [0.1, 0.15) is 0 Å². The fourth-order valence-corrected chi connectivity index (χ4v) is 4.82. The van der Waals surface area contributed by atoms with Gasteiger partial charge < -0.3 is 5.11 Å². The first-order chi connectivity index (χ1) is 12.2.